The smallest absolute Gasteiger partial charge is 0.270 e. The van der Waals surface area contributed by atoms with Gasteiger partial charge < -0.3 is 24.6 Å². The van der Waals surface area contributed by atoms with E-state index >= 15 is 0 Å². The molecule has 8 heteroatoms. The molecule has 1 N–H and O–H groups in total. The number of ether oxygens (including phenoxy) is 2. The third-order valence-electron chi connectivity index (χ3n) is 8.55. The van der Waals surface area contributed by atoms with Gasteiger partial charge in [-0.05, 0) is 69.2 Å². The van der Waals surface area contributed by atoms with Crippen LogP contribution < -0.4 is 19.9 Å². The van der Waals surface area contributed by atoms with Crippen LogP contribution in [0.5, 0.6) is 5.75 Å². The van der Waals surface area contributed by atoms with Crippen LogP contribution in [-0.2, 0) is 19.1 Å². The number of piperidine rings is 1. The largest absolute Gasteiger partial charge is 0.476 e. The Labute approximate surface area is 243 Å². The van der Waals surface area contributed by atoms with Crippen molar-refractivity contribution < 1.29 is 23.9 Å². The number of carbonyl (C=O) groups is 3. The lowest BCUT2D eigenvalue weighted by Crippen LogP contribution is -2.53. The lowest BCUT2D eigenvalue weighted by Gasteiger charge is -2.39. The van der Waals surface area contributed by atoms with Gasteiger partial charge in [-0.1, -0.05) is 37.3 Å². The first-order valence-electron chi connectivity index (χ1n) is 14.9. The zero-order chi connectivity index (χ0) is 29.1. The van der Waals surface area contributed by atoms with Crippen LogP contribution in [0.15, 0.2) is 48.5 Å². The van der Waals surface area contributed by atoms with Crippen molar-refractivity contribution in [1.29, 1.82) is 0 Å². The zero-order valence-corrected chi connectivity index (χ0v) is 24.7. The number of Topliss-reactive ketones (excluding diaryl/α,β-unsaturated/α-hetero) is 1. The molecule has 0 unspecified atom stereocenters. The van der Waals surface area contributed by atoms with Crippen LogP contribution in [0.3, 0.4) is 0 Å². The van der Waals surface area contributed by atoms with Crippen molar-refractivity contribution >= 4 is 29.0 Å². The van der Waals surface area contributed by atoms with E-state index < -0.39 is 5.60 Å². The quantitative estimate of drug-likeness (QED) is 0.400. The Bertz CT molecular complexity index is 1260. The summed E-state index contributed by atoms with van der Waals surface area (Å²) >= 11 is 0. The molecule has 0 radical (unpaired) electrons. The van der Waals surface area contributed by atoms with Gasteiger partial charge in [0.15, 0.2) is 5.60 Å². The van der Waals surface area contributed by atoms with E-state index in [2.05, 4.69) is 24.4 Å². The summed E-state index contributed by atoms with van der Waals surface area (Å²) in [5.41, 5.74) is 1.65. The number of ketones is 1. The van der Waals surface area contributed by atoms with Crippen LogP contribution in [0.25, 0.3) is 0 Å². The number of anilines is 2. The first-order valence-corrected chi connectivity index (χ1v) is 14.9. The molecule has 220 valence electrons. The van der Waals surface area contributed by atoms with Crippen LogP contribution in [0.2, 0.25) is 0 Å². The van der Waals surface area contributed by atoms with Gasteiger partial charge in [0.2, 0.25) is 5.91 Å². The SMILES string of the molecule is COCCCN1C(=O)C(C)(C)Oc2ccc(N(C(=O)[C@H]3CNC[C@@H](C(=O)C[C@@H](C)c4ccccc4)C3)C3CC3)cc21. The minimum Gasteiger partial charge on any atom is -0.476 e. The minimum absolute atomic E-state index is 0.0443. The maximum absolute atomic E-state index is 14.1. The van der Waals surface area contributed by atoms with E-state index in [0.717, 1.165) is 24.1 Å². The van der Waals surface area contributed by atoms with Gasteiger partial charge in [-0.3, -0.25) is 14.4 Å². The van der Waals surface area contributed by atoms with Crippen LogP contribution >= 0.6 is 0 Å². The van der Waals surface area contributed by atoms with Crippen LogP contribution in [0.1, 0.15) is 64.4 Å². The molecule has 1 aliphatic carbocycles. The zero-order valence-electron chi connectivity index (χ0n) is 24.7. The van der Waals surface area contributed by atoms with Crippen molar-refractivity contribution in [3.8, 4) is 5.75 Å². The van der Waals surface area contributed by atoms with Crippen molar-refractivity contribution in [2.24, 2.45) is 11.8 Å². The molecule has 2 heterocycles. The summed E-state index contributed by atoms with van der Waals surface area (Å²) in [4.78, 5) is 44.4. The molecular formula is C33H43N3O5. The summed E-state index contributed by atoms with van der Waals surface area (Å²) in [5, 5.41) is 3.37. The topological polar surface area (TPSA) is 88.2 Å². The lowest BCUT2D eigenvalue weighted by molar-refractivity contribution is -0.132. The molecule has 5 rings (SSSR count). The Balaban J connectivity index is 1.33. The molecule has 1 saturated carbocycles. The van der Waals surface area contributed by atoms with Gasteiger partial charge in [0.25, 0.3) is 5.91 Å². The molecule has 3 aliphatic rings. The van der Waals surface area contributed by atoms with Gasteiger partial charge in [0, 0.05) is 57.4 Å². The number of amides is 2. The normalized spacial score (nSPS) is 22.4. The number of nitrogens with one attached hydrogen (secondary N) is 1. The fraction of sp³-hybridized carbons (Fsp3) is 0.545. The Morgan fingerprint density at radius 1 is 1.12 bits per heavy atom. The Morgan fingerprint density at radius 2 is 1.85 bits per heavy atom. The number of hydrogen-bond donors (Lipinski definition) is 1. The van der Waals surface area contributed by atoms with Gasteiger partial charge in [-0.15, -0.1) is 0 Å². The van der Waals surface area contributed by atoms with Crippen molar-refractivity contribution in [2.45, 2.75) is 70.4 Å². The van der Waals surface area contributed by atoms with E-state index in [9.17, 15) is 14.4 Å². The highest BCUT2D eigenvalue weighted by molar-refractivity contribution is 6.04. The molecule has 2 amide bonds. The second-order valence-electron chi connectivity index (χ2n) is 12.3. The Morgan fingerprint density at radius 3 is 2.56 bits per heavy atom. The summed E-state index contributed by atoms with van der Waals surface area (Å²) in [5.74, 6) is 0.460. The average Bonchev–Trinajstić information content (AvgIpc) is 3.81. The van der Waals surface area contributed by atoms with Crippen molar-refractivity contribution in [3.05, 3.63) is 54.1 Å². The van der Waals surface area contributed by atoms with Gasteiger partial charge in [-0.2, -0.15) is 0 Å². The predicted molar refractivity (Wildman–Crippen MR) is 159 cm³/mol. The van der Waals surface area contributed by atoms with Crippen molar-refractivity contribution in [1.82, 2.24) is 5.32 Å². The highest BCUT2D eigenvalue weighted by Crippen LogP contribution is 2.43. The number of methoxy groups -OCH3 is 1. The molecule has 2 aliphatic heterocycles. The molecule has 0 spiro atoms. The molecule has 2 fully saturated rings. The van der Waals surface area contributed by atoms with E-state index in [-0.39, 0.29) is 41.4 Å². The highest BCUT2D eigenvalue weighted by atomic mass is 16.5. The molecule has 2 aromatic rings. The molecule has 2 aromatic carbocycles. The fourth-order valence-corrected chi connectivity index (χ4v) is 6.09. The van der Waals surface area contributed by atoms with Gasteiger partial charge in [0.1, 0.15) is 11.5 Å². The Kier molecular flexibility index (Phi) is 8.80. The van der Waals surface area contributed by atoms with E-state index in [1.54, 1.807) is 25.9 Å². The summed E-state index contributed by atoms with van der Waals surface area (Å²) in [6.45, 7) is 7.87. The highest BCUT2D eigenvalue weighted by Gasteiger charge is 2.43. The molecule has 0 bridgehead atoms. The monoisotopic (exact) mass is 561 g/mol. The molecule has 3 atom stereocenters. The first kappa shape index (κ1) is 29.3. The number of carbonyl (C=O) groups excluding carboxylic acids is 3. The maximum Gasteiger partial charge on any atom is 0.270 e. The Hall–Kier alpha value is -3.23. The third-order valence-corrected chi connectivity index (χ3v) is 8.55. The van der Waals surface area contributed by atoms with Crippen LogP contribution in [0, 0.1) is 11.8 Å². The number of nitrogens with zero attached hydrogens (tertiary/aromatic N) is 2. The van der Waals surface area contributed by atoms with Crippen LogP contribution in [0.4, 0.5) is 11.4 Å². The van der Waals surface area contributed by atoms with E-state index in [0.29, 0.717) is 56.9 Å². The molecular weight excluding hydrogens is 518 g/mol. The second kappa shape index (κ2) is 12.3. The summed E-state index contributed by atoms with van der Waals surface area (Å²) in [6.07, 6.45) is 3.61. The maximum atomic E-state index is 14.1. The fourth-order valence-electron chi connectivity index (χ4n) is 6.09. The van der Waals surface area contributed by atoms with E-state index in [1.807, 2.05) is 41.3 Å². The molecule has 41 heavy (non-hydrogen) atoms. The summed E-state index contributed by atoms with van der Waals surface area (Å²) < 4.78 is 11.3. The van der Waals surface area contributed by atoms with E-state index in [4.69, 9.17) is 9.47 Å². The number of rotatable bonds is 11. The second-order valence-corrected chi connectivity index (χ2v) is 12.3. The van der Waals surface area contributed by atoms with Crippen LogP contribution in [-0.4, -0.2) is 62.6 Å². The average molecular weight is 562 g/mol. The number of fused-ring (bicyclic) bond motifs is 1. The molecule has 0 aromatic heterocycles. The summed E-state index contributed by atoms with van der Waals surface area (Å²) in [7, 11) is 1.65. The van der Waals surface area contributed by atoms with Gasteiger partial charge >= 0.3 is 0 Å². The summed E-state index contributed by atoms with van der Waals surface area (Å²) in [6, 6.07) is 16.0. The standard InChI is InChI=1S/C33H43N3O5/c1-22(23-9-6-5-7-10-23)17-29(37)24-18-25(21-34-20-24)31(38)36(26-11-12-26)27-13-14-30-28(19-27)35(15-8-16-40-4)32(39)33(2,3)41-30/h5-7,9-10,13-14,19,22,24-26,34H,8,11-12,15-18,20-21H2,1-4H3/t22-,24+,25-/m1/s1. The van der Waals surface area contributed by atoms with Crippen molar-refractivity contribution in [3.63, 3.8) is 0 Å². The van der Waals surface area contributed by atoms with Gasteiger partial charge in [-0.25, -0.2) is 0 Å². The van der Waals surface area contributed by atoms with Gasteiger partial charge in [0.05, 0.1) is 11.6 Å². The lowest BCUT2D eigenvalue weighted by atomic mass is 9.83. The van der Waals surface area contributed by atoms with E-state index in [1.165, 1.54) is 0 Å². The number of benzene rings is 2. The first-order chi connectivity index (χ1) is 19.7. The van der Waals surface area contributed by atoms with Crippen molar-refractivity contribution in [2.75, 3.05) is 43.2 Å². The molecule has 8 nitrogen and oxygen atoms in total. The minimum atomic E-state index is -0.971. The number of hydrogen-bond acceptors (Lipinski definition) is 6. The predicted octanol–water partition coefficient (Wildman–Crippen LogP) is 4.71. The third kappa shape index (κ3) is 6.49. The molecule has 1 saturated heterocycles.